The summed E-state index contributed by atoms with van der Waals surface area (Å²) in [6.07, 6.45) is 0. The molecule has 0 aromatic carbocycles. The third-order valence-corrected chi connectivity index (χ3v) is 0.312. The first-order valence-electron chi connectivity index (χ1n) is 1.43. The van der Waals surface area contributed by atoms with Gasteiger partial charge in [0.15, 0.2) is 5.11 Å². The fourth-order valence-corrected chi connectivity index (χ4v) is 0.199. The summed E-state index contributed by atoms with van der Waals surface area (Å²) in [6.45, 7) is 0. The lowest BCUT2D eigenvalue weighted by atomic mass is 11.0. The maximum atomic E-state index is 9.70. The molecule has 0 aliphatic heterocycles. The van der Waals surface area contributed by atoms with Crippen molar-refractivity contribution in [3.63, 3.8) is 0 Å². The van der Waals surface area contributed by atoms with Crippen molar-refractivity contribution in [3.8, 4) is 0 Å². The highest BCUT2D eigenvalue weighted by molar-refractivity contribution is 7.80. The van der Waals surface area contributed by atoms with Crippen LogP contribution in [0.4, 0.5) is 4.79 Å². The smallest absolute Gasteiger partial charge is 0.341 e. The molecule has 0 aromatic heterocycles. The number of nitrogens with two attached hydrogens (primary N) is 2. The third-order valence-electron chi connectivity index (χ3n) is 0.220. The van der Waals surface area contributed by atoms with Gasteiger partial charge in [-0.05, 0) is 12.2 Å². The standard InChI is InChI=1S/C2H4N3OS/c3-1(6)5-2(4)7/h(H2,3,6)(H2,4,7). The van der Waals surface area contributed by atoms with Crippen molar-refractivity contribution in [3.05, 3.63) is 0 Å². The van der Waals surface area contributed by atoms with Crippen LogP contribution in [0.5, 0.6) is 0 Å². The molecule has 1 radical (unpaired) electrons. The fraction of sp³-hybridized carbons (Fsp3) is 0. The number of hydrogen-bond donors (Lipinski definition) is 2. The van der Waals surface area contributed by atoms with Crippen LogP contribution in [0.25, 0.3) is 0 Å². The number of carbonyl (C=O) groups excluding carboxylic acids is 1. The first-order valence-corrected chi connectivity index (χ1v) is 1.84. The molecule has 7 heavy (non-hydrogen) atoms. The zero-order chi connectivity index (χ0) is 5.86. The van der Waals surface area contributed by atoms with Crippen molar-refractivity contribution in [1.29, 1.82) is 0 Å². The van der Waals surface area contributed by atoms with E-state index >= 15 is 0 Å². The molecule has 4 N–H and O–H groups in total. The lowest BCUT2D eigenvalue weighted by Crippen LogP contribution is -2.31. The number of carbonyl (C=O) groups is 1. The van der Waals surface area contributed by atoms with E-state index in [9.17, 15) is 4.79 Å². The van der Waals surface area contributed by atoms with E-state index in [0.717, 1.165) is 0 Å². The molecule has 0 aromatic rings. The molecule has 0 rings (SSSR count). The van der Waals surface area contributed by atoms with Crippen molar-refractivity contribution >= 4 is 23.4 Å². The number of thiocarbonyl (C=S) groups is 1. The van der Waals surface area contributed by atoms with E-state index in [1.807, 2.05) is 0 Å². The normalized spacial score (nSPS) is 7.43. The Labute approximate surface area is 45.9 Å². The largest absolute Gasteiger partial charge is 0.374 e. The summed E-state index contributed by atoms with van der Waals surface area (Å²) in [4.78, 5) is 9.70. The second-order valence-corrected chi connectivity index (χ2v) is 1.21. The van der Waals surface area contributed by atoms with E-state index in [2.05, 4.69) is 23.3 Å². The average Bonchev–Trinajstić information content (AvgIpc) is 1.27. The fourth-order valence-electron chi connectivity index (χ4n) is 0.109. The molecule has 0 fully saturated rings. The lowest BCUT2D eigenvalue weighted by molar-refractivity contribution is 0.252. The molecule has 0 saturated heterocycles. The van der Waals surface area contributed by atoms with Gasteiger partial charge in [-0.1, -0.05) is 0 Å². The monoisotopic (exact) mass is 118 g/mol. The molecule has 0 unspecified atom stereocenters. The zero-order valence-corrected chi connectivity index (χ0v) is 4.23. The van der Waals surface area contributed by atoms with Crippen molar-refractivity contribution in [1.82, 2.24) is 5.32 Å². The minimum Gasteiger partial charge on any atom is -0.374 e. The highest BCUT2D eigenvalue weighted by Gasteiger charge is 1.92. The summed E-state index contributed by atoms with van der Waals surface area (Å²) in [7, 11) is 0. The molecule has 5 heteroatoms. The number of urea groups is 1. The van der Waals surface area contributed by atoms with Gasteiger partial charge in [0.25, 0.3) is 0 Å². The predicted molar refractivity (Wildman–Crippen MR) is 28.5 cm³/mol. The summed E-state index contributed by atoms with van der Waals surface area (Å²) in [5.74, 6) is 0. The van der Waals surface area contributed by atoms with Gasteiger partial charge in [0.05, 0.1) is 0 Å². The van der Waals surface area contributed by atoms with Gasteiger partial charge in [-0.3, -0.25) is 0 Å². The Morgan fingerprint density at radius 2 is 2.00 bits per heavy atom. The Morgan fingerprint density at radius 1 is 1.57 bits per heavy atom. The molecule has 2 amide bonds. The molecule has 4 nitrogen and oxygen atoms in total. The number of nitrogens with zero attached hydrogens (tertiary/aromatic N) is 1. The van der Waals surface area contributed by atoms with E-state index in [4.69, 9.17) is 5.73 Å². The molecule has 0 spiro atoms. The number of primary amides is 1. The van der Waals surface area contributed by atoms with Gasteiger partial charge < -0.3 is 11.5 Å². The van der Waals surface area contributed by atoms with Crippen LogP contribution in [-0.2, 0) is 0 Å². The second-order valence-electron chi connectivity index (χ2n) is 0.788. The number of hydrogen-bond acceptors (Lipinski definition) is 2. The van der Waals surface area contributed by atoms with Gasteiger partial charge in [0, 0.05) is 0 Å². The summed E-state index contributed by atoms with van der Waals surface area (Å²) in [6, 6.07) is -0.854. The minimum absolute atomic E-state index is 0.229. The molecule has 0 saturated carbocycles. The average molecular weight is 118 g/mol. The molecular formula is C2H4N3OS. The molecule has 0 aliphatic rings. The van der Waals surface area contributed by atoms with Crippen LogP contribution in [0, 0.1) is 0 Å². The Bertz CT molecular complexity index is 89.1. The maximum absolute atomic E-state index is 9.70. The van der Waals surface area contributed by atoms with Crippen LogP contribution >= 0.6 is 12.2 Å². The first kappa shape index (κ1) is 6.16. The Morgan fingerprint density at radius 3 is 2.00 bits per heavy atom. The van der Waals surface area contributed by atoms with Gasteiger partial charge >= 0.3 is 6.03 Å². The van der Waals surface area contributed by atoms with E-state index in [1.165, 1.54) is 0 Å². The van der Waals surface area contributed by atoms with E-state index < -0.39 is 6.03 Å². The highest BCUT2D eigenvalue weighted by Crippen LogP contribution is 1.58. The highest BCUT2D eigenvalue weighted by atomic mass is 32.1. The Hall–Kier alpha value is -0.840. The van der Waals surface area contributed by atoms with E-state index in [1.54, 1.807) is 0 Å². The first-order chi connectivity index (χ1) is 3.13. The SMILES string of the molecule is NC(=O)[N]C(N)=S. The van der Waals surface area contributed by atoms with Crippen LogP contribution in [0.15, 0.2) is 0 Å². The predicted octanol–water partition coefficient (Wildman–Crippen LogP) is -1.09. The lowest BCUT2D eigenvalue weighted by Gasteiger charge is -1.87. The molecule has 0 heterocycles. The van der Waals surface area contributed by atoms with Crippen molar-refractivity contribution in [2.24, 2.45) is 11.5 Å². The summed E-state index contributed by atoms with van der Waals surface area (Å²) in [5, 5.41) is 2.70. The number of rotatable bonds is 0. The maximum Gasteiger partial charge on any atom is 0.341 e. The van der Waals surface area contributed by atoms with Crippen LogP contribution in [-0.4, -0.2) is 11.1 Å². The van der Waals surface area contributed by atoms with Gasteiger partial charge in [0.2, 0.25) is 0 Å². The van der Waals surface area contributed by atoms with Crippen LogP contribution < -0.4 is 16.8 Å². The summed E-state index contributed by atoms with van der Waals surface area (Å²) in [5.41, 5.74) is 9.28. The Kier molecular flexibility index (Phi) is 2.07. The van der Waals surface area contributed by atoms with E-state index in [-0.39, 0.29) is 5.11 Å². The molecule has 39 valence electrons. The van der Waals surface area contributed by atoms with Gasteiger partial charge in [-0.25, -0.2) is 4.79 Å². The van der Waals surface area contributed by atoms with Crippen LogP contribution in [0.1, 0.15) is 0 Å². The molecule has 0 atom stereocenters. The summed E-state index contributed by atoms with van der Waals surface area (Å²) >= 11 is 4.18. The molecular weight excluding hydrogens is 114 g/mol. The van der Waals surface area contributed by atoms with Crippen molar-refractivity contribution < 1.29 is 4.79 Å². The zero-order valence-electron chi connectivity index (χ0n) is 3.42. The van der Waals surface area contributed by atoms with Gasteiger partial charge in [-0.2, -0.15) is 5.32 Å². The number of amides is 2. The topological polar surface area (TPSA) is 83.2 Å². The van der Waals surface area contributed by atoms with E-state index in [0.29, 0.717) is 0 Å². The third kappa shape index (κ3) is 5.16. The second kappa shape index (κ2) is 2.35. The van der Waals surface area contributed by atoms with Gasteiger partial charge in [0.1, 0.15) is 0 Å². The molecule has 0 bridgehead atoms. The summed E-state index contributed by atoms with van der Waals surface area (Å²) < 4.78 is 0. The van der Waals surface area contributed by atoms with Crippen molar-refractivity contribution in [2.45, 2.75) is 0 Å². The van der Waals surface area contributed by atoms with Gasteiger partial charge in [-0.15, -0.1) is 0 Å². The Balaban J connectivity index is 3.32. The molecule has 0 aliphatic carbocycles. The van der Waals surface area contributed by atoms with Crippen molar-refractivity contribution in [2.75, 3.05) is 0 Å². The minimum atomic E-state index is -0.854. The van der Waals surface area contributed by atoms with Crippen LogP contribution in [0.3, 0.4) is 0 Å². The quantitative estimate of drug-likeness (QED) is 0.396. The van der Waals surface area contributed by atoms with Crippen LogP contribution in [0.2, 0.25) is 0 Å².